The van der Waals surface area contributed by atoms with Crippen molar-refractivity contribution in [2.45, 2.75) is 19.4 Å². The molecule has 6 nitrogen and oxygen atoms in total. The molecule has 2 aromatic carbocycles. The Balaban J connectivity index is 1.74. The lowest BCUT2D eigenvalue weighted by Gasteiger charge is -2.22. The summed E-state index contributed by atoms with van der Waals surface area (Å²) in [6, 6.07) is 11.4. The first-order chi connectivity index (χ1) is 12.7. The van der Waals surface area contributed by atoms with Crippen LogP contribution in [-0.4, -0.2) is 29.3 Å². The van der Waals surface area contributed by atoms with Crippen molar-refractivity contribution in [1.82, 2.24) is 10.2 Å². The van der Waals surface area contributed by atoms with Gasteiger partial charge in [0.15, 0.2) is 0 Å². The summed E-state index contributed by atoms with van der Waals surface area (Å²) >= 11 is 9.28. The third-order valence-corrected chi connectivity index (χ3v) is 5.56. The normalized spacial score (nSPS) is 19.2. The summed E-state index contributed by atoms with van der Waals surface area (Å²) in [7, 11) is 0. The summed E-state index contributed by atoms with van der Waals surface area (Å²) in [6.45, 7) is 3.16. The Bertz CT molecular complexity index is 932. The number of carbonyl (C=O) groups excluding carboxylic acids is 3. The smallest absolute Gasteiger partial charge is 0.324 e. The van der Waals surface area contributed by atoms with Crippen molar-refractivity contribution >= 4 is 51.1 Å². The maximum absolute atomic E-state index is 12.8. The molecule has 8 heteroatoms. The summed E-state index contributed by atoms with van der Waals surface area (Å²) in [5, 5.41) is 5.88. The standard InChI is InChI=1S/C19H17BrClN3O3/c1-11-3-8-14(9-15(11)20)22-16(25)10-24-17(26)19(2,23-18(24)27)12-4-6-13(21)7-5-12/h3-9H,10H2,1-2H3,(H,22,25)(H,23,27)/t19-/m1/s1. The van der Waals surface area contributed by atoms with E-state index < -0.39 is 23.4 Å². The van der Waals surface area contributed by atoms with Crippen molar-refractivity contribution in [2.24, 2.45) is 0 Å². The lowest BCUT2D eigenvalue weighted by molar-refractivity contribution is -0.133. The molecule has 1 fully saturated rings. The highest BCUT2D eigenvalue weighted by Crippen LogP contribution is 2.29. The molecule has 1 saturated heterocycles. The van der Waals surface area contributed by atoms with Gasteiger partial charge in [0.25, 0.3) is 5.91 Å². The zero-order valence-corrected chi connectivity index (χ0v) is 17.0. The van der Waals surface area contributed by atoms with Gasteiger partial charge in [-0.15, -0.1) is 0 Å². The summed E-state index contributed by atoms with van der Waals surface area (Å²) in [6.07, 6.45) is 0. The number of urea groups is 1. The van der Waals surface area contributed by atoms with E-state index in [9.17, 15) is 14.4 Å². The van der Waals surface area contributed by atoms with Crippen molar-refractivity contribution < 1.29 is 14.4 Å². The van der Waals surface area contributed by atoms with Gasteiger partial charge in [-0.1, -0.05) is 45.7 Å². The predicted octanol–water partition coefficient (Wildman–Crippen LogP) is 3.82. The molecule has 0 unspecified atom stereocenters. The van der Waals surface area contributed by atoms with Crippen LogP contribution in [0, 0.1) is 6.92 Å². The van der Waals surface area contributed by atoms with Gasteiger partial charge < -0.3 is 10.6 Å². The predicted molar refractivity (Wildman–Crippen MR) is 107 cm³/mol. The number of hydrogen-bond acceptors (Lipinski definition) is 3. The molecule has 0 radical (unpaired) electrons. The molecule has 27 heavy (non-hydrogen) atoms. The number of carbonyl (C=O) groups is 3. The second-order valence-electron chi connectivity index (χ2n) is 6.47. The molecule has 1 aliphatic heterocycles. The van der Waals surface area contributed by atoms with Crippen LogP contribution in [0.5, 0.6) is 0 Å². The zero-order valence-electron chi connectivity index (χ0n) is 14.7. The molecule has 0 bridgehead atoms. The van der Waals surface area contributed by atoms with E-state index in [0.29, 0.717) is 16.3 Å². The third kappa shape index (κ3) is 3.84. The van der Waals surface area contributed by atoms with E-state index in [-0.39, 0.29) is 6.54 Å². The van der Waals surface area contributed by atoms with Crippen molar-refractivity contribution in [1.29, 1.82) is 0 Å². The van der Waals surface area contributed by atoms with E-state index in [4.69, 9.17) is 11.6 Å². The molecule has 0 aromatic heterocycles. The minimum atomic E-state index is -1.24. The zero-order chi connectivity index (χ0) is 19.8. The van der Waals surface area contributed by atoms with Crippen LogP contribution in [0.4, 0.5) is 10.5 Å². The van der Waals surface area contributed by atoms with E-state index in [1.54, 1.807) is 43.3 Å². The molecule has 1 aliphatic rings. The maximum Gasteiger partial charge on any atom is 0.325 e. The van der Waals surface area contributed by atoms with Crippen LogP contribution in [0.2, 0.25) is 5.02 Å². The average molecular weight is 451 g/mol. The summed E-state index contributed by atoms with van der Waals surface area (Å²) in [5.74, 6) is -0.954. The fourth-order valence-electron chi connectivity index (χ4n) is 2.83. The van der Waals surface area contributed by atoms with Gasteiger partial charge in [-0.3, -0.25) is 14.5 Å². The van der Waals surface area contributed by atoms with E-state index >= 15 is 0 Å². The molecule has 0 saturated carbocycles. The number of hydrogen-bond donors (Lipinski definition) is 2. The number of amides is 4. The first-order valence-electron chi connectivity index (χ1n) is 8.17. The Morgan fingerprint density at radius 1 is 1.22 bits per heavy atom. The molecule has 1 atom stereocenters. The van der Waals surface area contributed by atoms with E-state index in [2.05, 4.69) is 26.6 Å². The van der Waals surface area contributed by atoms with E-state index in [1.165, 1.54) is 0 Å². The van der Waals surface area contributed by atoms with Crippen LogP contribution in [0.15, 0.2) is 46.9 Å². The highest BCUT2D eigenvalue weighted by molar-refractivity contribution is 9.10. The van der Waals surface area contributed by atoms with Gasteiger partial charge >= 0.3 is 6.03 Å². The number of anilines is 1. The van der Waals surface area contributed by atoms with Crippen LogP contribution in [-0.2, 0) is 15.1 Å². The largest absolute Gasteiger partial charge is 0.325 e. The Kier molecular flexibility index (Phi) is 5.26. The third-order valence-electron chi connectivity index (χ3n) is 4.45. The molecular formula is C19H17BrClN3O3. The first kappa shape index (κ1) is 19.4. The fraction of sp³-hybridized carbons (Fsp3) is 0.211. The van der Waals surface area contributed by atoms with E-state index in [1.807, 2.05) is 13.0 Å². The second-order valence-corrected chi connectivity index (χ2v) is 7.76. The Morgan fingerprint density at radius 2 is 1.89 bits per heavy atom. The van der Waals surface area contributed by atoms with Crippen molar-refractivity contribution in [2.75, 3.05) is 11.9 Å². The van der Waals surface area contributed by atoms with Gasteiger partial charge in [-0.05, 0) is 49.2 Å². The lowest BCUT2D eigenvalue weighted by atomic mass is 9.92. The summed E-state index contributed by atoms with van der Waals surface area (Å²) in [5.41, 5.74) is 0.955. The SMILES string of the molecule is Cc1ccc(NC(=O)CN2C(=O)N[C@](C)(c3ccc(Cl)cc3)C2=O)cc1Br. The number of nitrogens with one attached hydrogen (secondary N) is 2. The van der Waals surface area contributed by atoms with Gasteiger partial charge in [-0.25, -0.2) is 4.79 Å². The van der Waals surface area contributed by atoms with Gasteiger partial charge in [0.2, 0.25) is 5.91 Å². The Labute approximate surface area is 170 Å². The first-order valence-corrected chi connectivity index (χ1v) is 9.34. The molecule has 3 rings (SSSR count). The molecule has 0 spiro atoms. The molecule has 4 amide bonds. The lowest BCUT2D eigenvalue weighted by Crippen LogP contribution is -2.42. The van der Waals surface area contributed by atoms with Gasteiger partial charge in [-0.2, -0.15) is 0 Å². The number of halogens is 2. The fourth-order valence-corrected chi connectivity index (χ4v) is 3.34. The monoisotopic (exact) mass is 449 g/mol. The quantitative estimate of drug-likeness (QED) is 0.695. The molecule has 2 aromatic rings. The number of benzene rings is 2. The molecule has 1 heterocycles. The maximum atomic E-state index is 12.8. The van der Waals surface area contributed by atoms with Crippen molar-refractivity contribution in [3.63, 3.8) is 0 Å². The van der Waals surface area contributed by atoms with Crippen LogP contribution in [0.3, 0.4) is 0 Å². The topological polar surface area (TPSA) is 78.5 Å². The minimum absolute atomic E-state index is 0.376. The molecule has 2 N–H and O–H groups in total. The second kappa shape index (κ2) is 7.32. The summed E-state index contributed by atoms with van der Waals surface area (Å²) in [4.78, 5) is 38.4. The number of rotatable bonds is 4. The molecular weight excluding hydrogens is 434 g/mol. The highest BCUT2D eigenvalue weighted by Gasteiger charge is 2.49. The number of aryl methyl sites for hydroxylation is 1. The van der Waals surface area contributed by atoms with Crippen molar-refractivity contribution in [3.05, 3.63) is 63.1 Å². The minimum Gasteiger partial charge on any atom is -0.324 e. The highest BCUT2D eigenvalue weighted by atomic mass is 79.9. The Morgan fingerprint density at radius 3 is 2.52 bits per heavy atom. The van der Waals surface area contributed by atoms with Gasteiger partial charge in [0, 0.05) is 15.2 Å². The molecule has 140 valence electrons. The van der Waals surface area contributed by atoms with Crippen LogP contribution in [0.1, 0.15) is 18.1 Å². The van der Waals surface area contributed by atoms with Crippen molar-refractivity contribution in [3.8, 4) is 0 Å². The van der Waals surface area contributed by atoms with E-state index in [0.717, 1.165) is 14.9 Å². The molecule has 0 aliphatic carbocycles. The van der Waals surface area contributed by atoms with Crippen LogP contribution in [0.25, 0.3) is 0 Å². The Hall–Kier alpha value is -2.38. The van der Waals surface area contributed by atoms with Crippen LogP contribution >= 0.6 is 27.5 Å². The van der Waals surface area contributed by atoms with Gasteiger partial charge in [0.1, 0.15) is 12.1 Å². The average Bonchev–Trinajstić information content (AvgIpc) is 2.83. The van der Waals surface area contributed by atoms with Gasteiger partial charge in [0.05, 0.1) is 0 Å². The van der Waals surface area contributed by atoms with Crippen LogP contribution < -0.4 is 10.6 Å². The summed E-state index contributed by atoms with van der Waals surface area (Å²) < 4.78 is 0.852. The number of imide groups is 1. The number of nitrogens with zero attached hydrogens (tertiary/aromatic N) is 1.